The van der Waals surface area contributed by atoms with Gasteiger partial charge in [-0.1, -0.05) is 31.2 Å². The Bertz CT molecular complexity index is 313. The van der Waals surface area contributed by atoms with Crippen LogP contribution in [0.25, 0.3) is 0 Å². The number of rotatable bonds is 2. The van der Waals surface area contributed by atoms with Gasteiger partial charge in [0.05, 0.1) is 0 Å². The maximum atomic E-state index is 9.65. The lowest BCUT2D eigenvalue weighted by atomic mass is 9.98. The van der Waals surface area contributed by atoms with Gasteiger partial charge in [0.15, 0.2) is 0 Å². The van der Waals surface area contributed by atoms with E-state index in [2.05, 4.69) is 13.0 Å². The van der Waals surface area contributed by atoms with Crippen LogP contribution in [-0.4, -0.2) is 5.11 Å². The molecule has 1 unspecified atom stereocenters. The molecule has 1 heteroatoms. The number of aryl methyl sites for hydroxylation is 1. The number of aromatic hydroxyl groups is 1. The highest BCUT2D eigenvalue weighted by Crippen LogP contribution is 2.27. The highest BCUT2D eigenvalue weighted by Gasteiger charge is 2.06. The van der Waals surface area contributed by atoms with E-state index in [1.54, 1.807) is 6.07 Å². The minimum Gasteiger partial charge on any atom is -0.508 e. The normalized spacial score (nSPS) is 13.5. The minimum atomic E-state index is 0.283. The molecule has 1 aromatic rings. The van der Waals surface area contributed by atoms with Gasteiger partial charge in [0, 0.05) is 11.5 Å². The molecule has 0 aliphatic heterocycles. The van der Waals surface area contributed by atoms with E-state index >= 15 is 0 Å². The van der Waals surface area contributed by atoms with E-state index in [0.717, 1.165) is 11.1 Å². The molecule has 1 atom stereocenters. The molecular weight excluding hydrogens is 160 g/mol. The predicted octanol–water partition coefficient (Wildman–Crippen LogP) is 3.38. The zero-order valence-corrected chi connectivity index (χ0v) is 8.41. The molecule has 13 heavy (non-hydrogen) atoms. The molecule has 0 amide bonds. The molecule has 70 valence electrons. The number of hydrogen-bond donors (Lipinski definition) is 1. The highest BCUT2D eigenvalue weighted by atomic mass is 16.3. The van der Waals surface area contributed by atoms with Gasteiger partial charge >= 0.3 is 0 Å². The quantitative estimate of drug-likeness (QED) is 0.685. The lowest BCUT2D eigenvalue weighted by Crippen LogP contribution is -1.90. The number of allylic oxidation sites excluding steroid dienone is 2. The van der Waals surface area contributed by atoms with E-state index in [1.165, 1.54) is 0 Å². The molecule has 0 aliphatic carbocycles. The molecule has 1 rings (SSSR count). The second kappa shape index (κ2) is 4.13. The van der Waals surface area contributed by atoms with E-state index in [9.17, 15) is 5.11 Å². The van der Waals surface area contributed by atoms with Crippen molar-refractivity contribution in [2.75, 3.05) is 0 Å². The lowest BCUT2D eigenvalue weighted by Gasteiger charge is -2.09. The third-order valence-corrected chi connectivity index (χ3v) is 2.16. The molecule has 0 heterocycles. The molecule has 1 nitrogen and oxygen atoms in total. The lowest BCUT2D eigenvalue weighted by molar-refractivity contribution is 0.466. The van der Waals surface area contributed by atoms with E-state index < -0.39 is 0 Å². The average molecular weight is 176 g/mol. The Hall–Kier alpha value is -1.24. The van der Waals surface area contributed by atoms with Crippen LogP contribution in [-0.2, 0) is 0 Å². The van der Waals surface area contributed by atoms with E-state index in [4.69, 9.17) is 0 Å². The van der Waals surface area contributed by atoms with Crippen LogP contribution in [0.2, 0.25) is 0 Å². The molecule has 0 aliphatic rings. The van der Waals surface area contributed by atoms with Crippen molar-refractivity contribution in [1.29, 1.82) is 0 Å². The largest absolute Gasteiger partial charge is 0.508 e. The Labute approximate surface area is 79.7 Å². The fraction of sp³-hybridized carbons (Fsp3) is 0.333. The summed E-state index contributed by atoms with van der Waals surface area (Å²) in [5.41, 5.74) is 2.08. The molecule has 1 N–H and O–H groups in total. The van der Waals surface area contributed by atoms with E-state index in [0.29, 0.717) is 5.75 Å². The molecular formula is C12H16O. The van der Waals surface area contributed by atoms with Gasteiger partial charge in [-0.15, -0.1) is 0 Å². The van der Waals surface area contributed by atoms with Crippen LogP contribution in [0, 0.1) is 6.92 Å². The summed E-state index contributed by atoms with van der Waals surface area (Å²) in [7, 11) is 0. The van der Waals surface area contributed by atoms with Crippen molar-refractivity contribution < 1.29 is 5.11 Å². The summed E-state index contributed by atoms with van der Waals surface area (Å²) in [4.78, 5) is 0. The number of hydrogen-bond acceptors (Lipinski definition) is 1. The first-order chi connectivity index (χ1) is 6.15. The first-order valence-corrected chi connectivity index (χ1v) is 4.57. The summed E-state index contributed by atoms with van der Waals surface area (Å²) in [6, 6.07) is 5.81. The Balaban J connectivity index is 3.01. The van der Waals surface area contributed by atoms with Crippen molar-refractivity contribution in [3.05, 3.63) is 41.5 Å². The fourth-order valence-corrected chi connectivity index (χ4v) is 1.43. The molecule has 0 fully saturated rings. The van der Waals surface area contributed by atoms with Crippen LogP contribution in [0.4, 0.5) is 0 Å². The van der Waals surface area contributed by atoms with Gasteiger partial charge < -0.3 is 5.11 Å². The Morgan fingerprint density at radius 1 is 1.38 bits per heavy atom. The van der Waals surface area contributed by atoms with Gasteiger partial charge in [-0.25, -0.2) is 0 Å². The van der Waals surface area contributed by atoms with Crippen LogP contribution in [0.3, 0.4) is 0 Å². The van der Waals surface area contributed by atoms with Crippen LogP contribution < -0.4 is 0 Å². The fourth-order valence-electron chi connectivity index (χ4n) is 1.43. The second-order valence-corrected chi connectivity index (χ2v) is 3.38. The molecule has 0 radical (unpaired) electrons. The maximum absolute atomic E-state index is 9.65. The smallest absolute Gasteiger partial charge is 0.119 e. The zero-order valence-electron chi connectivity index (χ0n) is 8.41. The predicted molar refractivity (Wildman–Crippen MR) is 56.1 cm³/mol. The number of phenols is 1. The minimum absolute atomic E-state index is 0.283. The zero-order chi connectivity index (χ0) is 9.84. The molecule has 1 aromatic carbocycles. The Kier molecular flexibility index (Phi) is 3.13. The van der Waals surface area contributed by atoms with E-state index in [1.807, 2.05) is 32.1 Å². The van der Waals surface area contributed by atoms with Gasteiger partial charge in [0.25, 0.3) is 0 Å². The maximum Gasteiger partial charge on any atom is 0.119 e. The van der Waals surface area contributed by atoms with Gasteiger partial charge in [-0.3, -0.25) is 0 Å². The van der Waals surface area contributed by atoms with Crippen molar-refractivity contribution in [2.45, 2.75) is 26.7 Å². The van der Waals surface area contributed by atoms with Gasteiger partial charge in [-0.2, -0.15) is 0 Å². The number of benzene rings is 1. The van der Waals surface area contributed by atoms with Crippen LogP contribution in [0.15, 0.2) is 30.4 Å². The monoisotopic (exact) mass is 176 g/mol. The van der Waals surface area contributed by atoms with Gasteiger partial charge in [0.1, 0.15) is 5.75 Å². The summed E-state index contributed by atoms with van der Waals surface area (Å²) < 4.78 is 0. The van der Waals surface area contributed by atoms with Crippen molar-refractivity contribution in [1.82, 2.24) is 0 Å². The van der Waals surface area contributed by atoms with Crippen LogP contribution >= 0.6 is 0 Å². The third kappa shape index (κ3) is 2.35. The van der Waals surface area contributed by atoms with E-state index in [-0.39, 0.29) is 5.92 Å². The van der Waals surface area contributed by atoms with Crippen LogP contribution in [0.1, 0.15) is 30.9 Å². The highest BCUT2D eigenvalue weighted by molar-refractivity contribution is 5.39. The summed E-state index contributed by atoms with van der Waals surface area (Å²) in [5.74, 6) is 0.677. The molecule has 0 saturated heterocycles. The van der Waals surface area contributed by atoms with Crippen molar-refractivity contribution in [3.63, 3.8) is 0 Å². The topological polar surface area (TPSA) is 20.2 Å². The van der Waals surface area contributed by atoms with Gasteiger partial charge in [0.2, 0.25) is 0 Å². The van der Waals surface area contributed by atoms with Crippen molar-refractivity contribution >= 4 is 0 Å². The van der Waals surface area contributed by atoms with Crippen LogP contribution in [0.5, 0.6) is 5.75 Å². The number of phenolic OH excluding ortho intramolecular Hbond substituents is 1. The second-order valence-electron chi connectivity index (χ2n) is 3.38. The van der Waals surface area contributed by atoms with Crippen molar-refractivity contribution in [3.8, 4) is 5.75 Å². The molecule has 0 saturated carbocycles. The molecule has 0 aromatic heterocycles. The first kappa shape index (κ1) is 9.85. The summed E-state index contributed by atoms with van der Waals surface area (Å²) in [6.07, 6.45) is 4.08. The van der Waals surface area contributed by atoms with Crippen molar-refractivity contribution in [2.24, 2.45) is 0 Å². The molecule has 0 spiro atoms. The third-order valence-electron chi connectivity index (χ3n) is 2.16. The van der Waals surface area contributed by atoms with Gasteiger partial charge in [-0.05, 0) is 25.5 Å². The average Bonchev–Trinajstić information content (AvgIpc) is 2.04. The first-order valence-electron chi connectivity index (χ1n) is 4.57. The standard InChI is InChI=1S/C12H16O/c1-4-5-10(3)11-7-6-9(2)8-12(11)13/h4-8,10,13H,1-3H3/b5-4+. The molecule has 0 bridgehead atoms. The Morgan fingerprint density at radius 2 is 2.08 bits per heavy atom. The Morgan fingerprint density at radius 3 is 2.62 bits per heavy atom. The summed E-state index contributed by atoms with van der Waals surface area (Å²) in [5, 5.41) is 9.65. The SMILES string of the molecule is C/C=C/C(C)c1ccc(C)cc1O. The summed E-state index contributed by atoms with van der Waals surface area (Å²) in [6.45, 7) is 6.04. The summed E-state index contributed by atoms with van der Waals surface area (Å²) >= 11 is 0.